The van der Waals surface area contributed by atoms with Crippen molar-refractivity contribution in [2.45, 2.75) is 24.6 Å². The second kappa shape index (κ2) is 5.86. The van der Waals surface area contributed by atoms with Gasteiger partial charge in [0.05, 0.1) is 12.9 Å². The van der Waals surface area contributed by atoms with Gasteiger partial charge in [-0.1, -0.05) is 0 Å². The van der Waals surface area contributed by atoms with Crippen LogP contribution in [-0.4, -0.2) is 59.7 Å². The van der Waals surface area contributed by atoms with Gasteiger partial charge in [0.1, 0.15) is 29.7 Å². The molecule has 1 unspecified atom stereocenters. The van der Waals surface area contributed by atoms with Crippen LogP contribution in [0.2, 0.25) is 0 Å². The zero-order chi connectivity index (χ0) is 16.7. The molecular weight excluding hydrogens is 317 g/mol. The van der Waals surface area contributed by atoms with Crippen LogP contribution >= 0.6 is 0 Å². The SMILES string of the molecule is OC[C@H]1O[C@@H](n2cnc3c(-c4ccncc4)ncnc32)[C@@H](O)C1F. The van der Waals surface area contributed by atoms with Gasteiger partial charge in [0.25, 0.3) is 0 Å². The lowest BCUT2D eigenvalue weighted by molar-refractivity contribution is -0.0495. The number of hydrogen-bond donors (Lipinski definition) is 2. The normalized spacial score (nSPS) is 27.0. The van der Waals surface area contributed by atoms with Crippen molar-refractivity contribution in [1.82, 2.24) is 24.5 Å². The van der Waals surface area contributed by atoms with Gasteiger partial charge in [0.2, 0.25) is 0 Å². The van der Waals surface area contributed by atoms with E-state index in [1.165, 1.54) is 17.2 Å². The zero-order valence-corrected chi connectivity index (χ0v) is 12.4. The fourth-order valence-corrected chi connectivity index (χ4v) is 2.84. The van der Waals surface area contributed by atoms with Crippen LogP contribution in [0.25, 0.3) is 22.4 Å². The van der Waals surface area contributed by atoms with Gasteiger partial charge in [-0.05, 0) is 12.1 Å². The molecule has 1 aliphatic heterocycles. The minimum Gasteiger partial charge on any atom is -0.394 e. The van der Waals surface area contributed by atoms with E-state index in [4.69, 9.17) is 9.84 Å². The lowest BCUT2D eigenvalue weighted by Crippen LogP contribution is -2.29. The highest BCUT2D eigenvalue weighted by Crippen LogP contribution is 2.34. The number of pyridine rings is 1. The summed E-state index contributed by atoms with van der Waals surface area (Å²) < 4.78 is 20.8. The number of nitrogens with zero attached hydrogens (tertiary/aromatic N) is 5. The van der Waals surface area contributed by atoms with Crippen molar-refractivity contribution in [3.05, 3.63) is 37.2 Å². The van der Waals surface area contributed by atoms with Gasteiger partial charge < -0.3 is 14.9 Å². The zero-order valence-electron chi connectivity index (χ0n) is 12.4. The Morgan fingerprint density at radius 2 is 2.00 bits per heavy atom. The Labute approximate surface area is 135 Å². The van der Waals surface area contributed by atoms with Gasteiger partial charge in [0, 0.05) is 18.0 Å². The molecule has 4 atom stereocenters. The minimum absolute atomic E-state index is 0.409. The van der Waals surface area contributed by atoms with Crippen LogP contribution in [-0.2, 0) is 4.74 Å². The van der Waals surface area contributed by atoms with E-state index in [2.05, 4.69) is 19.9 Å². The molecule has 1 saturated heterocycles. The minimum atomic E-state index is -1.68. The van der Waals surface area contributed by atoms with Crippen molar-refractivity contribution < 1.29 is 19.3 Å². The van der Waals surface area contributed by atoms with Crippen LogP contribution in [0.15, 0.2) is 37.2 Å². The van der Waals surface area contributed by atoms with Crippen molar-refractivity contribution in [2.75, 3.05) is 6.61 Å². The largest absolute Gasteiger partial charge is 0.394 e. The van der Waals surface area contributed by atoms with E-state index in [1.54, 1.807) is 24.5 Å². The molecule has 0 radical (unpaired) electrons. The first-order valence-corrected chi connectivity index (χ1v) is 7.37. The first-order chi connectivity index (χ1) is 11.7. The highest BCUT2D eigenvalue weighted by molar-refractivity contribution is 5.86. The molecule has 4 rings (SSSR count). The van der Waals surface area contributed by atoms with E-state index < -0.39 is 31.2 Å². The summed E-state index contributed by atoms with van der Waals surface area (Å²) >= 11 is 0. The summed E-state index contributed by atoms with van der Waals surface area (Å²) in [6.45, 7) is -0.515. The summed E-state index contributed by atoms with van der Waals surface area (Å²) in [5.41, 5.74) is 2.32. The summed E-state index contributed by atoms with van der Waals surface area (Å²) in [5.74, 6) is 0. The molecule has 124 valence electrons. The number of aromatic nitrogens is 5. The average molecular weight is 331 g/mol. The highest BCUT2D eigenvalue weighted by Gasteiger charge is 2.45. The number of imidazole rings is 1. The third-order valence-electron chi connectivity index (χ3n) is 4.05. The Morgan fingerprint density at radius 1 is 1.21 bits per heavy atom. The summed E-state index contributed by atoms with van der Waals surface area (Å²) in [6, 6.07) is 3.59. The first kappa shape index (κ1) is 15.1. The van der Waals surface area contributed by atoms with Gasteiger partial charge >= 0.3 is 0 Å². The summed E-state index contributed by atoms with van der Waals surface area (Å²) in [5, 5.41) is 19.2. The van der Waals surface area contributed by atoms with Crippen molar-refractivity contribution in [3.63, 3.8) is 0 Å². The van der Waals surface area contributed by atoms with Gasteiger partial charge in [-0.25, -0.2) is 19.3 Å². The number of ether oxygens (including phenoxy) is 1. The molecule has 8 nitrogen and oxygen atoms in total. The fourth-order valence-electron chi connectivity index (χ4n) is 2.84. The topological polar surface area (TPSA) is 106 Å². The van der Waals surface area contributed by atoms with Gasteiger partial charge in [0.15, 0.2) is 18.0 Å². The van der Waals surface area contributed by atoms with Gasteiger partial charge in [-0.15, -0.1) is 0 Å². The molecular formula is C15H14FN5O3. The van der Waals surface area contributed by atoms with E-state index >= 15 is 0 Å². The van der Waals surface area contributed by atoms with Gasteiger partial charge in [-0.2, -0.15) is 0 Å². The lowest BCUT2D eigenvalue weighted by atomic mass is 10.1. The Kier molecular flexibility index (Phi) is 3.68. The second-order valence-electron chi connectivity index (χ2n) is 5.46. The molecule has 0 spiro atoms. The molecule has 0 bridgehead atoms. The maximum absolute atomic E-state index is 14.0. The molecule has 3 aromatic rings. The smallest absolute Gasteiger partial charge is 0.166 e. The molecule has 0 amide bonds. The Balaban J connectivity index is 1.80. The molecule has 3 aromatic heterocycles. The number of alkyl halides is 1. The van der Waals surface area contributed by atoms with Crippen molar-refractivity contribution in [2.24, 2.45) is 0 Å². The van der Waals surface area contributed by atoms with Crippen LogP contribution in [0.1, 0.15) is 6.23 Å². The molecule has 1 aliphatic rings. The lowest BCUT2D eigenvalue weighted by Gasteiger charge is -2.16. The molecule has 4 heterocycles. The molecule has 2 N–H and O–H groups in total. The monoisotopic (exact) mass is 331 g/mol. The number of aliphatic hydroxyl groups excluding tert-OH is 2. The fraction of sp³-hybridized carbons (Fsp3) is 0.333. The Bertz CT molecular complexity index is 859. The molecule has 1 fully saturated rings. The van der Waals surface area contributed by atoms with Crippen LogP contribution < -0.4 is 0 Å². The molecule has 0 saturated carbocycles. The van der Waals surface area contributed by atoms with Crippen LogP contribution in [0, 0.1) is 0 Å². The molecule has 0 aromatic carbocycles. The maximum atomic E-state index is 14.0. The number of aliphatic hydroxyl groups is 2. The van der Waals surface area contributed by atoms with E-state index in [0.717, 1.165) is 5.56 Å². The second-order valence-corrected chi connectivity index (χ2v) is 5.46. The highest BCUT2D eigenvalue weighted by atomic mass is 19.1. The van der Waals surface area contributed by atoms with Gasteiger partial charge in [-0.3, -0.25) is 9.55 Å². The van der Waals surface area contributed by atoms with E-state index in [0.29, 0.717) is 16.9 Å². The van der Waals surface area contributed by atoms with Crippen molar-refractivity contribution in [3.8, 4) is 11.3 Å². The maximum Gasteiger partial charge on any atom is 0.166 e. The van der Waals surface area contributed by atoms with Crippen LogP contribution in [0.5, 0.6) is 0 Å². The third-order valence-corrected chi connectivity index (χ3v) is 4.05. The number of fused-ring (bicyclic) bond motifs is 1. The predicted molar refractivity (Wildman–Crippen MR) is 80.5 cm³/mol. The van der Waals surface area contributed by atoms with E-state index in [1.807, 2.05) is 0 Å². The Morgan fingerprint density at radius 3 is 2.71 bits per heavy atom. The van der Waals surface area contributed by atoms with E-state index in [-0.39, 0.29) is 0 Å². The first-order valence-electron chi connectivity index (χ1n) is 7.37. The van der Waals surface area contributed by atoms with Crippen LogP contribution in [0.3, 0.4) is 0 Å². The standard InChI is InChI=1S/C15H14FN5O3/c16-10-9(5-22)24-15(13(10)23)21-7-20-12-11(18-6-19-14(12)21)8-1-3-17-4-2-8/h1-4,6-7,9-10,13,15,22-23H,5H2/t9-,10?,13+,15-/m1/s1. The average Bonchev–Trinajstić information content (AvgIpc) is 3.17. The van der Waals surface area contributed by atoms with E-state index in [9.17, 15) is 9.50 Å². The number of hydrogen-bond acceptors (Lipinski definition) is 7. The summed E-state index contributed by atoms with van der Waals surface area (Å²) in [6.07, 6.45) is 0.885. The Hall–Kier alpha value is -2.49. The molecule has 0 aliphatic carbocycles. The predicted octanol–water partition coefficient (Wildman–Crippen LogP) is 0.477. The third kappa shape index (κ3) is 2.25. The molecule has 9 heteroatoms. The van der Waals surface area contributed by atoms with Crippen LogP contribution in [0.4, 0.5) is 4.39 Å². The number of halogens is 1. The summed E-state index contributed by atoms with van der Waals surface area (Å²) in [4.78, 5) is 16.7. The quantitative estimate of drug-likeness (QED) is 0.719. The van der Waals surface area contributed by atoms with Crippen molar-refractivity contribution >= 4 is 11.2 Å². The summed E-state index contributed by atoms with van der Waals surface area (Å²) in [7, 11) is 0. The molecule has 24 heavy (non-hydrogen) atoms. The number of rotatable bonds is 3. The van der Waals surface area contributed by atoms with Crippen molar-refractivity contribution in [1.29, 1.82) is 0 Å².